The van der Waals surface area contributed by atoms with E-state index < -0.39 is 0 Å². The van der Waals surface area contributed by atoms with Crippen molar-refractivity contribution in [2.75, 3.05) is 44.2 Å². The van der Waals surface area contributed by atoms with Crippen LogP contribution in [0.4, 0.5) is 5.69 Å². The summed E-state index contributed by atoms with van der Waals surface area (Å²) >= 11 is 1.81. The summed E-state index contributed by atoms with van der Waals surface area (Å²) < 4.78 is 7.22. The monoisotopic (exact) mass is 449 g/mol. The molecule has 2 aromatic carbocycles. The van der Waals surface area contributed by atoms with Crippen molar-refractivity contribution in [3.63, 3.8) is 0 Å². The Balaban J connectivity index is 1.06. The predicted octanol–water partition coefficient (Wildman–Crippen LogP) is 4.43. The molecule has 1 fully saturated rings. The van der Waals surface area contributed by atoms with E-state index in [2.05, 4.69) is 44.4 Å². The molecule has 0 bridgehead atoms. The van der Waals surface area contributed by atoms with Crippen molar-refractivity contribution < 1.29 is 9.84 Å². The van der Waals surface area contributed by atoms with Crippen molar-refractivity contribution in [3.05, 3.63) is 64.3 Å². The number of hydrogen-bond donors (Lipinski definition) is 2. The van der Waals surface area contributed by atoms with Gasteiger partial charge in [0.05, 0.1) is 12.1 Å². The molecule has 0 radical (unpaired) electrons. The molecular formula is C25H27N3O3S. The summed E-state index contributed by atoms with van der Waals surface area (Å²) in [6.45, 7) is 6.01. The van der Waals surface area contributed by atoms with Gasteiger partial charge in [-0.05, 0) is 55.1 Å². The summed E-state index contributed by atoms with van der Waals surface area (Å²) in [7, 11) is 0. The van der Waals surface area contributed by atoms with E-state index in [1.807, 2.05) is 6.07 Å². The van der Waals surface area contributed by atoms with Crippen LogP contribution in [0.3, 0.4) is 0 Å². The molecule has 3 heterocycles. The number of thiophene rings is 1. The normalized spacial score (nSPS) is 14.9. The van der Waals surface area contributed by atoms with Crippen molar-refractivity contribution in [1.82, 2.24) is 9.88 Å². The fraction of sp³-hybridized carbons (Fsp3) is 0.320. The second-order valence-electron chi connectivity index (χ2n) is 8.22. The molecule has 0 aliphatic carbocycles. The number of fused-ring (bicyclic) bond motifs is 2. The molecule has 0 saturated carbocycles. The van der Waals surface area contributed by atoms with E-state index >= 15 is 0 Å². The zero-order valence-electron chi connectivity index (χ0n) is 17.9. The van der Waals surface area contributed by atoms with Crippen LogP contribution in [-0.2, 0) is 0 Å². The Hall–Kier alpha value is -3.03. The van der Waals surface area contributed by atoms with Crippen LogP contribution in [0.2, 0.25) is 0 Å². The quantitative estimate of drug-likeness (QED) is 0.409. The summed E-state index contributed by atoms with van der Waals surface area (Å²) in [4.78, 5) is 19.3. The Morgan fingerprint density at radius 2 is 1.88 bits per heavy atom. The molecule has 1 saturated heterocycles. The number of rotatable bonds is 7. The van der Waals surface area contributed by atoms with E-state index in [4.69, 9.17) is 4.74 Å². The third-order valence-electron chi connectivity index (χ3n) is 6.12. The van der Waals surface area contributed by atoms with Crippen LogP contribution in [0.15, 0.2) is 58.7 Å². The van der Waals surface area contributed by atoms with Crippen LogP contribution in [0.5, 0.6) is 11.5 Å². The lowest BCUT2D eigenvalue weighted by Gasteiger charge is -2.36. The summed E-state index contributed by atoms with van der Waals surface area (Å²) in [6.07, 6.45) is 2.06. The van der Waals surface area contributed by atoms with Gasteiger partial charge in [0.2, 0.25) is 0 Å². The number of nitrogens with zero attached hydrogens (tertiary/aromatic N) is 2. The highest BCUT2D eigenvalue weighted by Crippen LogP contribution is 2.31. The molecule has 1 aliphatic rings. The lowest BCUT2D eigenvalue weighted by Crippen LogP contribution is -2.46. The van der Waals surface area contributed by atoms with Crippen molar-refractivity contribution in [2.45, 2.75) is 12.8 Å². The van der Waals surface area contributed by atoms with Gasteiger partial charge in [0.1, 0.15) is 11.5 Å². The van der Waals surface area contributed by atoms with Gasteiger partial charge in [-0.2, -0.15) is 0 Å². The van der Waals surface area contributed by atoms with Gasteiger partial charge >= 0.3 is 0 Å². The van der Waals surface area contributed by atoms with E-state index in [9.17, 15) is 9.90 Å². The van der Waals surface area contributed by atoms with Crippen LogP contribution in [-0.4, -0.2) is 54.3 Å². The number of hydrogen-bond acceptors (Lipinski definition) is 6. The third kappa shape index (κ3) is 4.45. The molecule has 5 rings (SSSR count). The number of aromatic amines is 1. The summed E-state index contributed by atoms with van der Waals surface area (Å²) in [5.41, 5.74) is 1.63. The summed E-state index contributed by atoms with van der Waals surface area (Å²) in [5, 5.41) is 14.0. The molecule has 1 aliphatic heterocycles. The number of ether oxygens (including phenoxy) is 1. The highest BCUT2D eigenvalue weighted by Gasteiger charge is 2.18. The Kier molecular flexibility index (Phi) is 6.01. The average Bonchev–Trinajstić information content (AvgIpc) is 3.28. The number of H-pyrrole nitrogens is 1. The number of nitrogens with one attached hydrogen (secondary N) is 1. The van der Waals surface area contributed by atoms with Gasteiger partial charge in [0.25, 0.3) is 5.56 Å². The largest absolute Gasteiger partial charge is 0.507 e. The highest BCUT2D eigenvalue weighted by atomic mass is 32.1. The number of benzene rings is 2. The SMILES string of the molecule is O=c1cc(O)c2ccc(OCCCCN3CCN(c4cccc5sccc45)CC3)cc2[nH]1. The minimum Gasteiger partial charge on any atom is -0.507 e. The number of pyridine rings is 1. The van der Waals surface area contributed by atoms with Crippen molar-refractivity contribution in [3.8, 4) is 11.5 Å². The third-order valence-corrected chi connectivity index (χ3v) is 7.00. The zero-order valence-corrected chi connectivity index (χ0v) is 18.7. The molecule has 4 aromatic rings. The van der Waals surface area contributed by atoms with Gasteiger partial charge in [-0.3, -0.25) is 9.69 Å². The topological polar surface area (TPSA) is 68.8 Å². The molecule has 6 nitrogen and oxygen atoms in total. The maximum atomic E-state index is 11.5. The second kappa shape index (κ2) is 9.22. The molecular weight excluding hydrogens is 422 g/mol. The van der Waals surface area contributed by atoms with Gasteiger partial charge in [-0.25, -0.2) is 0 Å². The Morgan fingerprint density at radius 1 is 1.00 bits per heavy atom. The first kappa shape index (κ1) is 20.8. The summed E-state index contributed by atoms with van der Waals surface area (Å²) in [5.74, 6) is 0.692. The zero-order chi connectivity index (χ0) is 21.9. The van der Waals surface area contributed by atoms with Crippen LogP contribution in [0, 0.1) is 0 Å². The Labute approximate surface area is 190 Å². The van der Waals surface area contributed by atoms with Gasteiger partial charge in [-0.15, -0.1) is 11.3 Å². The molecule has 166 valence electrons. The molecule has 2 N–H and O–H groups in total. The van der Waals surface area contributed by atoms with E-state index in [0.29, 0.717) is 23.3 Å². The van der Waals surface area contributed by atoms with E-state index in [-0.39, 0.29) is 11.3 Å². The van der Waals surface area contributed by atoms with Crippen LogP contribution in [0.1, 0.15) is 12.8 Å². The van der Waals surface area contributed by atoms with Gasteiger partial charge < -0.3 is 19.7 Å². The van der Waals surface area contributed by atoms with E-state index in [1.165, 1.54) is 21.8 Å². The minimum absolute atomic E-state index is 0.0117. The maximum Gasteiger partial charge on any atom is 0.252 e. The first-order valence-electron chi connectivity index (χ1n) is 11.1. The van der Waals surface area contributed by atoms with E-state index in [1.54, 1.807) is 23.5 Å². The van der Waals surface area contributed by atoms with Crippen LogP contribution < -0.4 is 15.2 Å². The number of piperazine rings is 1. The van der Waals surface area contributed by atoms with Gasteiger partial charge in [0, 0.05) is 59.5 Å². The average molecular weight is 450 g/mol. The van der Waals surface area contributed by atoms with Crippen molar-refractivity contribution in [2.24, 2.45) is 0 Å². The highest BCUT2D eigenvalue weighted by molar-refractivity contribution is 7.17. The molecule has 0 unspecified atom stereocenters. The maximum absolute atomic E-state index is 11.5. The number of aromatic nitrogens is 1. The van der Waals surface area contributed by atoms with Crippen LogP contribution in [0.25, 0.3) is 21.0 Å². The smallest absolute Gasteiger partial charge is 0.252 e. The molecule has 0 amide bonds. The first-order valence-corrected chi connectivity index (χ1v) is 12.0. The molecule has 0 atom stereocenters. The molecule has 7 heteroatoms. The number of unbranched alkanes of at least 4 members (excludes halogenated alkanes) is 1. The Morgan fingerprint density at radius 3 is 2.75 bits per heavy atom. The van der Waals surface area contributed by atoms with Crippen LogP contribution >= 0.6 is 11.3 Å². The van der Waals surface area contributed by atoms with Gasteiger partial charge in [0.15, 0.2) is 0 Å². The number of aromatic hydroxyl groups is 1. The standard InChI is InChI=1S/C25H27N3O3S/c29-23-17-25(30)26-21-16-18(6-7-19(21)23)31-14-2-1-9-27-10-12-28(13-11-27)22-4-3-5-24-20(22)8-15-32-24/h3-8,15-17H,1-2,9-14H2,(H2,26,29,30). The van der Waals surface area contributed by atoms with Gasteiger partial charge in [-0.1, -0.05) is 6.07 Å². The second-order valence-corrected chi connectivity index (χ2v) is 9.17. The molecule has 0 spiro atoms. The fourth-order valence-electron chi connectivity index (χ4n) is 4.40. The predicted molar refractivity (Wildman–Crippen MR) is 131 cm³/mol. The lowest BCUT2D eigenvalue weighted by molar-refractivity contribution is 0.239. The minimum atomic E-state index is -0.320. The molecule has 32 heavy (non-hydrogen) atoms. The fourth-order valence-corrected chi connectivity index (χ4v) is 5.21. The van der Waals surface area contributed by atoms with Crippen molar-refractivity contribution in [1.29, 1.82) is 0 Å². The number of anilines is 1. The lowest BCUT2D eigenvalue weighted by atomic mass is 10.2. The van der Waals surface area contributed by atoms with E-state index in [0.717, 1.165) is 45.6 Å². The first-order chi connectivity index (χ1) is 15.7. The molecule has 2 aromatic heterocycles. The van der Waals surface area contributed by atoms with Crippen molar-refractivity contribution >= 4 is 38.0 Å². The summed E-state index contributed by atoms with van der Waals surface area (Å²) in [6, 6.07) is 15.4. The Bertz CT molecular complexity index is 1270.